The number of nitrogens with two attached hydrogens (primary N) is 2. The quantitative estimate of drug-likeness (QED) is 0.110. The van der Waals surface area contributed by atoms with Crippen LogP contribution in [0.5, 0.6) is 5.75 Å². The van der Waals surface area contributed by atoms with Gasteiger partial charge < -0.3 is 16.6 Å². The number of aromatic hydroxyl groups is 1. The summed E-state index contributed by atoms with van der Waals surface area (Å²) in [6.07, 6.45) is 1.62. The van der Waals surface area contributed by atoms with E-state index in [1.165, 1.54) is 29.7 Å². The highest BCUT2D eigenvalue weighted by Gasteiger charge is 2.23. The topological polar surface area (TPSA) is 182 Å². The summed E-state index contributed by atoms with van der Waals surface area (Å²) in [6, 6.07) is 17.0. The third-order valence-corrected chi connectivity index (χ3v) is 7.68. The molecular weight excluding hydrogens is 488 g/mol. The summed E-state index contributed by atoms with van der Waals surface area (Å²) >= 11 is 1.42. The molecule has 10 nitrogen and oxygen atoms in total. The van der Waals surface area contributed by atoms with Crippen molar-refractivity contribution in [2.45, 2.75) is 23.2 Å². The monoisotopic (exact) mass is 517 g/mol. The van der Waals surface area contributed by atoms with Gasteiger partial charge >= 0.3 is 0 Å². The molecule has 11 N–H and O–H groups in total. The predicted molar refractivity (Wildman–Crippen MR) is 135 cm³/mol. The van der Waals surface area contributed by atoms with Gasteiger partial charge in [-0.2, -0.15) is 0 Å². The van der Waals surface area contributed by atoms with Crippen molar-refractivity contribution in [3.8, 4) is 16.2 Å². The van der Waals surface area contributed by atoms with E-state index in [1.54, 1.807) is 23.7 Å². The van der Waals surface area contributed by atoms with Gasteiger partial charge in [-0.25, -0.2) is 20.3 Å². The first-order valence-electron chi connectivity index (χ1n) is 10.6. The minimum absolute atomic E-state index is 0.0999. The Hall–Kier alpha value is -3.10. The first-order chi connectivity index (χ1) is 16.8. The Morgan fingerprint density at radius 1 is 1.11 bits per heavy atom. The van der Waals surface area contributed by atoms with Crippen LogP contribution in [0.2, 0.25) is 0 Å². The second-order valence-electron chi connectivity index (χ2n) is 7.71. The first kappa shape index (κ1) is 26.5. The van der Waals surface area contributed by atoms with Crippen molar-refractivity contribution in [2.24, 2.45) is 11.6 Å². The van der Waals surface area contributed by atoms with Crippen LogP contribution in [0.1, 0.15) is 11.1 Å². The molecule has 0 spiro atoms. The fourth-order valence-corrected chi connectivity index (χ4v) is 5.36. The van der Waals surface area contributed by atoms with Crippen LogP contribution in [-0.2, 0) is 28.7 Å². The van der Waals surface area contributed by atoms with Crippen molar-refractivity contribution >= 4 is 28.2 Å². The van der Waals surface area contributed by atoms with Crippen LogP contribution >= 0.6 is 11.3 Å². The van der Waals surface area contributed by atoms with Crippen molar-refractivity contribution in [3.05, 3.63) is 83.7 Å². The maximum absolute atomic E-state index is 12.7. The molecule has 3 rings (SSSR count). The Morgan fingerprint density at radius 3 is 2.40 bits per heavy atom. The van der Waals surface area contributed by atoms with Gasteiger partial charge in [0, 0.05) is 17.8 Å². The third-order valence-electron chi connectivity index (χ3n) is 5.14. The Labute approximate surface area is 209 Å². The summed E-state index contributed by atoms with van der Waals surface area (Å²) in [5, 5.41) is 19.7. The highest BCUT2D eigenvalue weighted by molar-refractivity contribution is 7.85. The molecule has 2 aromatic carbocycles. The largest absolute Gasteiger partial charge is 0.508 e. The Bertz CT molecular complexity index is 1180. The standard InChI is InChI=1S/C23H28N6O4S2/c24-12-16-1-5-17(6-2-16)21-9-10-22(34-21)35(33)27-13-18(25)14-29(26)20(23(31)28-32)11-15-3-7-19(30)8-4-15/h1-10,14,20,27,30,32H,11-13,24-26H2,(H,28,31)/p+1/b18-14-/t20-,35?/m0/s1. The summed E-state index contributed by atoms with van der Waals surface area (Å²) in [5.74, 6) is 5.46. The average molecular weight is 518 g/mol. The van der Waals surface area contributed by atoms with Crippen molar-refractivity contribution < 1.29 is 25.1 Å². The highest BCUT2D eigenvalue weighted by Crippen LogP contribution is 2.29. The number of carbonyl (C=O) groups is 1. The zero-order chi connectivity index (χ0) is 25.4. The van der Waals surface area contributed by atoms with Gasteiger partial charge in [-0.05, 0) is 41.0 Å². The molecule has 0 saturated heterocycles. The van der Waals surface area contributed by atoms with E-state index < -0.39 is 22.9 Å². The number of quaternary nitrogens is 1. The maximum atomic E-state index is 12.7. The average Bonchev–Trinajstić information content (AvgIpc) is 3.37. The summed E-state index contributed by atoms with van der Waals surface area (Å²) in [6.45, 7) is 0.638. The van der Waals surface area contributed by atoms with Crippen LogP contribution in [-0.4, -0.2) is 38.0 Å². The molecule has 12 heteroatoms. The predicted octanol–water partition coefficient (Wildman–Crippen LogP) is 0.567. The van der Waals surface area contributed by atoms with E-state index in [-0.39, 0.29) is 18.7 Å². The van der Waals surface area contributed by atoms with Crippen LogP contribution in [0.15, 0.2) is 76.8 Å². The maximum Gasteiger partial charge on any atom is 0.267 e. The molecule has 0 bridgehead atoms. The van der Waals surface area contributed by atoms with Crippen LogP contribution in [0.4, 0.5) is 0 Å². The molecule has 0 saturated carbocycles. The zero-order valence-corrected chi connectivity index (χ0v) is 20.5. The second kappa shape index (κ2) is 12.6. The summed E-state index contributed by atoms with van der Waals surface area (Å²) in [5.41, 5.74) is 14.4. The Balaban J connectivity index is 1.60. The first-order valence-corrected chi connectivity index (χ1v) is 12.6. The lowest BCUT2D eigenvalue weighted by molar-refractivity contribution is -0.305. The zero-order valence-electron chi connectivity index (χ0n) is 18.9. The molecule has 0 aliphatic carbocycles. The number of hydroxylamine groups is 1. The van der Waals surface area contributed by atoms with E-state index in [2.05, 4.69) is 10.5 Å². The molecule has 1 aromatic heterocycles. The van der Waals surface area contributed by atoms with Crippen molar-refractivity contribution in [1.82, 2.24) is 15.2 Å². The third kappa shape index (κ3) is 7.44. The van der Waals surface area contributed by atoms with E-state index in [0.717, 1.165) is 26.6 Å². The van der Waals surface area contributed by atoms with E-state index in [4.69, 9.17) is 16.8 Å². The van der Waals surface area contributed by atoms with Crippen LogP contribution in [0.3, 0.4) is 0 Å². The number of rotatable bonds is 11. The minimum atomic E-state index is -1.47. The van der Waals surface area contributed by atoms with Crippen LogP contribution in [0.25, 0.3) is 10.4 Å². The number of nitrogens with one attached hydrogen (secondary N) is 2. The number of phenolic OH excluding ortho intramolecular Hbond substituents is 1. The normalized spacial score (nSPS) is 13.3. The highest BCUT2D eigenvalue weighted by atomic mass is 32.2. The molecule has 0 radical (unpaired) electrons. The van der Waals surface area contributed by atoms with Gasteiger partial charge in [-0.3, -0.25) is 15.0 Å². The lowest BCUT2D eigenvalue weighted by Gasteiger charge is -2.24. The van der Waals surface area contributed by atoms with Crippen LogP contribution in [0, 0.1) is 0 Å². The molecule has 2 atom stereocenters. The van der Waals surface area contributed by atoms with E-state index >= 15 is 0 Å². The number of nitrogens with zero attached hydrogens (tertiary/aromatic N) is 1. The fourth-order valence-electron chi connectivity index (χ4n) is 3.22. The number of benzene rings is 2. The van der Waals surface area contributed by atoms with E-state index in [9.17, 15) is 14.1 Å². The van der Waals surface area contributed by atoms with Gasteiger partial charge in [-0.1, -0.05) is 36.4 Å². The van der Waals surface area contributed by atoms with Crippen LogP contribution < -0.4 is 27.5 Å². The molecule has 186 valence electrons. The van der Waals surface area contributed by atoms with Gasteiger partial charge in [-0.15, -0.1) is 11.3 Å². The second-order valence-corrected chi connectivity index (χ2v) is 10.3. The number of hydrogen-bond donors (Lipinski definition) is 7. The molecule has 1 unspecified atom stereocenters. The molecule has 0 aliphatic rings. The summed E-state index contributed by atoms with van der Waals surface area (Å²) < 4.78 is 16.3. The van der Waals surface area contributed by atoms with Gasteiger partial charge in [0.05, 0.1) is 12.7 Å². The fraction of sp³-hybridized carbons (Fsp3) is 0.174. The summed E-state index contributed by atoms with van der Waals surface area (Å²) in [4.78, 5) is 13.2. The Morgan fingerprint density at radius 2 is 1.77 bits per heavy atom. The van der Waals surface area contributed by atoms with Gasteiger partial charge in [0.25, 0.3) is 5.91 Å². The molecule has 1 heterocycles. The number of thiophene rings is 1. The van der Waals surface area contributed by atoms with Crippen molar-refractivity contribution in [2.75, 3.05) is 6.54 Å². The van der Waals surface area contributed by atoms with E-state index in [1.807, 2.05) is 30.3 Å². The number of hydrogen-bond acceptors (Lipinski definition) is 8. The molecule has 35 heavy (non-hydrogen) atoms. The number of hydrazine groups is 1. The molecular formula is C23H29N6O4S2+. The van der Waals surface area contributed by atoms with Crippen molar-refractivity contribution in [3.63, 3.8) is 0 Å². The van der Waals surface area contributed by atoms with Gasteiger partial charge in [0.15, 0.2) is 0 Å². The van der Waals surface area contributed by atoms with Gasteiger partial charge in [0.1, 0.15) is 32.7 Å². The lowest BCUT2D eigenvalue weighted by Crippen LogP contribution is -2.55. The molecule has 0 fully saturated rings. The van der Waals surface area contributed by atoms with E-state index in [0.29, 0.717) is 16.5 Å². The SMILES string of the molecule is NCc1ccc(-c2ccc(S(=O)NC/C([NH3+])=C/N(N)[C@@H](Cc3ccc(O)cc3)C(=O)NO)s2)cc1. The number of carbonyl (C=O) groups excluding carboxylic acids is 1. The molecule has 0 aliphatic heterocycles. The lowest BCUT2D eigenvalue weighted by atomic mass is 10.0. The smallest absolute Gasteiger partial charge is 0.267 e. The Kier molecular flexibility index (Phi) is 9.51. The summed E-state index contributed by atoms with van der Waals surface area (Å²) in [7, 11) is -1.47. The minimum Gasteiger partial charge on any atom is -0.508 e. The van der Waals surface area contributed by atoms with Gasteiger partial charge in [0.2, 0.25) is 0 Å². The number of phenols is 1. The van der Waals surface area contributed by atoms with Crippen molar-refractivity contribution in [1.29, 1.82) is 0 Å². The molecule has 3 aromatic rings. The molecule has 1 amide bonds. The number of amides is 1.